The number of amides is 1. The monoisotopic (exact) mass is 494 g/mol. The molecule has 1 amide bonds. The summed E-state index contributed by atoms with van der Waals surface area (Å²) >= 11 is 0. The zero-order valence-corrected chi connectivity index (χ0v) is 19.8. The first kappa shape index (κ1) is 23.7. The van der Waals surface area contributed by atoms with Crippen LogP contribution in [0.2, 0.25) is 0 Å². The van der Waals surface area contributed by atoms with Crippen molar-refractivity contribution in [3.63, 3.8) is 0 Å². The lowest BCUT2D eigenvalue weighted by atomic mass is 9.97. The van der Waals surface area contributed by atoms with Crippen LogP contribution in [-0.2, 0) is 6.54 Å². The van der Waals surface area contributed by atoms with Crippen LogP contribution in [0.4, 0.5) is 24.7 Å². The lowest BCUT2D eigenvalue weighted by Crippen LogP contribution is -2.35. The second-order valence-electron chi connectivity index (χ2n) is 8.90. The van der Waals surface area contributed by atoms with Gasteiger partial charge in [-0.1, -0.05) is 60.7 Å². The summed E-state index contributed by atoms with van der Waals surface area (Å²) in [5.41, 5.74) is 3.56. The molecule has 0 unspecified atom stereocenters. The summed E-state index contributed by atoms with van der Waals surface area (Å²) in [6.45, 7) is 4.14. The molecule has 2 aromatic carbocycles. The first-order valence-electron chi connectivity index (χ1n) is 11.6. The molecule has 186 valence electrons. The number of alkyl halides is 3. The zero-order chi connectivity index (χ0) is 25.4. The topological polar surface area (TPSA) is 76.8 Å². The highest BCUT2D eigenvalue weighted by Crippen LogP contribution is 2.43. The number of carbonyl (C=O) groups is 1. The number of carbonyl (C=O) groups excluding carboxylic acids is 1. The van der Waals surface area contributed by atoms with Gasteiger partial charge in [-0.05, 0) is 25.0 Å². The largest absolute Gasteiger partial charge is 0.410 e. The Kier molecular flexibility index (Phi) is 6.03. The minimum absolute atomic E-state index is 0.102. The molecule has 1 aliphatic rings. The minimum atomic E-state index is -4.52. The zero-order valence-electron chi connectivity index (χ0n) is 19.8. The van der Waals surface area contributed by atoms with E-state index in [1.807, 2.05) is 43.3 Å². The van der Waals surface area contributed by atoms with Crippen LogP contribution < -0.4 is 10.6 Å². The third-order valence-corrected chi connectivity index (χ3v) is 6.42. The van der Waals surface area contributed by atoms with Crippen LogP contribution in [0.15, 0.2) is 66.7 Å². The molecular weight excluding hydrogens is 469 g/mol. The summed E-state index contributed by atoms with van der Waals surface area (Å²) in [5.74, 6) is -0.447. The van der Waals surface area contributed by atoms with Gasteiger partial charge in [-0.25, -0.2) is 4.68 Å². The normalized spacial score (nSPS) is 17.4. The van der Waals surface area contributed by atoms with E-state index in [0.29, 0.717) is 17.9 Å². The summed E-state index contributed by atoms with van der Waals surface area (Å²) in [5, 5.41) is 14.5. The maximum Gasteiger partial charge on any atom is 0.410 e. The molecule has 0 fully saturated rings. The summed E-state index contributed by atoms with van der Waals surface area (Å²) in [7, 11) is 0. The molecule has 2 aromatic heterocycles. The van der Waals surface area contributed by atoms with Crippen molar-refractivity contribution in [2.75, 3.05) is 10.6 Å². The quantitative estimate of drug-likeness (QED) is 0.376. The Hall–Kier alpha value is -4.08. The van der Waals surface area contributed by atoms with Crippen molar-refractivity contribution in [1.29, 1.82) is 0 Å². The number of fused-ring (bicyclic) bond motifs is 1. The van der Waals surface area contributed by atoms with Gasteiger partial charge >= 0.3 is 6.18 Å². The number of hydrogen-bond acceptors (Lipinski definition) is 4. The summed E-state index contributed by atoms with van der Waals surface area (Å²) in [4.78, 5) is 13.1. The fraction of sp³-hybridized carbons (Fsp3) is 0.269. The first-order chi connectivity index (χ1) is 17.2. The molecule has 0 saturated carbocycles. The highest BCUT2D eigenvalue weighted by Gasteiger charge is 2.46. The van der Waals surface area contributed by atoms with Gasteiger partial charge in [-0.3, -0.25) is 9.48 Å². The molecule has 3 heterocycles. The molecule has 4 aromatic rings. The van der Waals surface area contributed by atoms with Crippen LogP contribution in [0.3, 0.4) is 0 Å². The van der Waals surface area contributed by atoms with Crippen molar-refractivity contribution in [2.24, 2.45) is 0 Å². The van der Waals surface area contributed by atoms with Crippen LogP contribution in [-0.4, -0.2) is 31.6 Å². The Bertz CT molecular complexity index is 1380. The number of aromatic nitrogens is 4. The Labute approximate surface area is 205 Å². The van der Waals surface area contributed by atoms with E-state index in [1.54, 1.807) is 35.9 Å². The lowest BCUT2D eigenvalue weighted by molar-refractivity contribution is -0.173. The maximum atomic E-state index is 14.0. The molecule has 2 N–H and O–H groups in total. The number of aryl methyl sites for hydroxylation is 1. The Balaban J connectivity index is 1.40. The highest BCUT2D eigenvalue weighted by molar-refractivity contribution is 6.04. The van der Waals surface area contributed by atoms with Crippen molar-refractivity contribution >= 4 is 17.4 Å². The Morgan fingerprint density at radius 2 is 1.72 bits per heavy atom. The van der Waals surface area contributed by atoms with Gasteiger partial charge in [0.2, 0.25) is 0 Å². The molecule has 7 nitrogen and oxygen atoms in total. The Morgan fingerprint density at radius 1 is 1.06 bits per heavy atom. The van der Waals surface area contributed by atoms with Gasteiger partial charge in [0.15, 0.2) is 11.7 Å². The lowest BCUT2D eigenvalue weighted by Gasteiger charge is -2.33. The van der Waals surface area contributed by atoms with Crippen LogP contribution in [0.1, 0.15) is 51.5 Å². The van der Waals surface area contributed by atoms with E-state index in [1.165, 1.54) is 6.07 Å². The first-order valence-corrected chi connectivity index (χ1v) is 11.6. The van der Waals surface area contributed by atoms with Crippen molar-refractivity contribution in [1.82, 2.24) is 19.6 Å². The number of hydrogen-bond donors (Lipinski definition) is 2. The smallest absolute Gasteiger partial charge is 0.363 e. The van der Waals surface area contributed by atoms with Gasteiger partial charge in [-0.15, -0.1) is 0 Å². The molecule has 1 aliphatic heterocycles. The molecule has 0 saturated heterocycles. The molecule has 0 spiro atoms. The third kappa shape index (κ3) is 4.58. The average molecular weight is 495 g/mol. The highest BCUT2D eigenvalue weighted by atomic mass is 19.4. The summed E-state index contributed by atoms with van der Waals surface area (Å²) in [6, 6.07) is 17.7. The third-order valence-electron chi connectivity index (χ3n) is 6.42. The second-order valence-corrected chi connectivity index (χ2v) is 8.90. The fourth-order valence-electron chi connectivity index (χ4n) is 4.55. The average Bonchev–Trinajstić information content (AvgIpc) is 3.40. The maximum absolute atomic E-state index is 14.0. The van der Waals surface area contributed by atoms with Crippen molar-refractivity contribution < 1.29 is 18.0 Å². The standard InChI is InChI=1S/C26H25F3N6O/c1-16-24(17(2)34(32-16)15-18-9-5-3-6-10-18)31-25(36)21-14-23-30-20(19-11-7-4-8-12-19)13-22(26(27,28)29)35(23)33-21/h3-12,14,20,22,30H,13,15H2,1-2H3,(H,31,36)/t20-,22-/m1/s1. The Morgan fingerprint density at radius 3 is 2.39 bits per heavy atom. The number of benzene rings is 2. The van der Waals surface area contributed by atoms with Gasteiger partial charge < -0.3 is 10.6 Å². The number of rotatable bonds is 5. The SMILES string of the molecule is Cc1nn(Cc2ccccc2)c(C)c1NC(=O)c1cc2n(n1)[C@@H](C(F)(F)F)C[C@H](c1ccccc1)N2. The molecule has 0 radical (unpaired) electrons. The van der Waals surface area contributed by atoms with E-state index in [4.69, 9.17) is 0 Å². The predicted octanol–water partition coefficient (Wildman–Crippen LogP) is 5.66. The molecule has 0 aliphatic carbocycles. The van der Waals surface area contributed by atoms with Gasteiger partial charge in [0.25, 0.3) is 5.91 Å². The van der Waals surface area contributed by atoms with E-state index in [2.05, 4.69) is 20.8 Å². The van der Waals surface area contributed by atoms with Crippen molar-refractivity contribution in [3.8, 4) is 0 Å². The van der Waals surface area contributed by atoms with E-state index in [0.717, 1.165) is 21.5 Å². The van der Waals surface area contributed by atoms with E-state index < -0.39 is 24.2 Å². The van der Waals surface area contributed by atoms with E-state index in [9.17, 15) is 18.0 Å². The molecular formula is C26H25F3N6O. The van der Waals surface area contributed by atoms with E-state index in [-0.39, 0.29) is 17.9 Å². The van der Waals surface area contributed by atoms with Crippen LogP contribution >= 0.6 is 0 Å². The van der Waals surface area contributed by atoms with E-state index >= 15 is 0 Å². The molecule has 2 atom stereocenters. The molecule has 5 rings (SSSR count). The number of nitrogens with one attached hydrogen (secondary N) is 2. The summed E-state index contributed by atoms with van der Waals surface area (Å²) in [6.07, 6.45) is -4.75. The van der Waals surface area contributed by atoms with Gasteiger partial charge in [0.1, 0.15) is 5.82 Å². The minimum Gasteiger partial charge on any atom is -0.363 e. The molecule has 36 heavy (non-hydrogen) atoms. The number of nitrogens with zero attached hydrogens (tertiary/aromatic N) is 4. The van der Waals surface area contributed by atoms with Crippen LogP contribution in [0, 0.1) is 13.8 Å². The van der Waals surface area contributed by atoms with Gasteiger partial charge in [0, 0.05) is 12.5 Å². The number of anilines is 2. The number of halogens is 3. The van der Waals surface area contributed by atoms with Gasteiger partial charge in [0.05, 0.1) is 29.7 Å². The van der Waals surface area contributed by atoms with Crippen molar-refractivity contribution in [2.45, 2.75) is 45.1 Å². The van der Waals surface area contributed by atoms with Crippen LogP contribution in [0.5, 0.6) is 0 Å². The fourth-order valence-corrected chi connectivity index (χ4v) is 4.55. The van der Waals surface area contributed by atoms with Crippen molar-refractivity contribution in [3.05, 3.63) is 94.9 Å². The molecule has 0 bridgehead atoms. The summed E-state index contributed by atoms with van der Waals surface area (Å²) < 4.78 is 44.5. The second kappa shape index (κ2) is 9.18. The predicted molar refractivity (Wildman–Crippen MR) is 130 cm³/mol. The molecule has 10 heteroatoms. The van der Waals surface area contributed by atoms with Crippen LogP contribution in [0.25, 0.3) is 0 Å². The van der Waals surface area contributed by atoms with Gasteiger partial charge in [-0.2, -0.15) is 23.4 Å².